The lowest BCUT2D eigenvalue weighted by Gasteiger charge is -2.10. The molecule has 2 N–H and O–H groups in total. The number of hydrogen-bond donors (Lipinski definition) is 2. The Morgan fingerprint density at radius 2 is 1.83 bits per heavy atom. The molecule has 2 amide bonds. The molecular formula is C16H14BrF3N2O. The smallest absolute Gasteiger partial charge is 0.338 e. The number of rotatable bonds is 4. The monoisotopic (exact) mass is 386 g/mol. The van der Waals surface area contributed by atoms with Gasteiger partial charge in [-0.15, -0.1) is 0 Å². The first kappa shape index (κ1) is 17.3. The summed E-state index contributed by atoms with van der Waals surface area (Å²) in [6, 6.07) is 11.8. The Bertz CT molecular complexity index is 689. The third kappa shape index (κ3) is 5.28. The summed E-state index contributed by atoms with van der Waals surface area (Å²) in [5.41, 5.74) is 0.442. The van der Waals surface area contributed by atoms with Gasteiger partial charge >= 0.3 is 12.2 Å². The van der Waals surface area contributed by atoms with E-state index in [2.05, 4.69) is 26.6 Å². The van der Waals surface area contributed by atoms with Crippen molar-refractivity contribution in [2.45, 2.75) is 12.6 Å². The van der Waals surface area contributed by atoms with E-state index in [1.54, 1.807) is 24.3 Å². The van der Waals surface area contributed by atoms with Crippen LogP contribution in [0, 0.1) is 0 Å². The molecular weight excluding hydrogens is 373 g/mol. The van der Waals surface area contributed by atoms with Crippen molar-refractivity contribution in [1.82, 2.24) is 5.32 Å². The van der Waals surface area contributed by atoms with Gasteiger partial charge in [0.1, 0.15) is 0 Å². The molecule has 0 aliphatic heterocycles. The number of amides is 2. The first-order valence-corrected chi connectivity index (χ1v) is 7.61. The van der Waals surface area contributed by atoms with Gasteiger partial charge in [-0.1, -0.05) is 30.3 Å². The number of hydrogen-bond acceptors (Lipinski definition) is 1. The minimum atomic E-state index is -4.36. The summed E-state index contributed by atoms with van der Waals surface area (Å²) in [5, 5.41) is 5.27. The second-order valence-corrected chi connectivity index (χ2v) is 5.66. The van der Waals surface area contributed by atoms with Crippen molar-refractivity contribution < 1.29 is 18.0 Å². The summed E-state index contributed by atoms with van der Waals surface area (Å²) < 4.78 is 38.6. The van der Waals surface area contributed by atoms with E-state index in [0.717, 1.165) is 16.6 Å². The van der Waals surface area contributed by atoms with Gasteiger partial charge in [-0.3, -0.25) is 0 Å². The fourth-order valence-electron chi connectivity index (χ4n) is 1.95. The topological polar surface area (TPSA) is 41.1 Å². The average molecular weight is 387 g/mol. The molecule has 2 aromatic rings. The molecule has 0 heterocycles. The molecule has 2 rings (SSSR count). The van der Waals surface area contributed by atoms with Gasteiger partial charge < -0.3 is 10.6 Å². The van der Waals surface area contributed by atoms with E-state index in [-0.39, 0.29) is 6.54 Å². The van der Waals surface area contributed by atoms with E-state index in [0.29, 0.717) is 17.7 Å². The van der Waals surface area contributed by atoms with Crippen LogP contribution in [0.15, 0.2) is 53.0 Å². The third-order valence-corrected chi connectivity index (χ3v) is 3.77. The number of benzene rings is 2. The van der Waals surface area contributed by atoms with E-state index >= 15 is 0 Å². The molecule has 0 atom stereocenters. The molecule has 7 heteroatoms. The molecule has 23 heavy (non-hydrogen) atoms. The number of halogens is 4. The molecule has 122 valence electrons. The van der Waals surface area contributed by atoms with Crippen LogP contribution in [0.4, 0.5) is 23.7 Å². The molecule has 3 nitrogen and oxygen atoms in total. The maximum Gasteiger partial charge on any atom is 0.416 e. The second kappa shape index (κ2) is 7.50. The Morgan fingerprint density at radius 3 is 2.52 bits per heavy atom. The van der Waals surface area contributed by atoms with Crippen LogP contribution in [0.1, 0.15) is 11.1 Å². The van der Waals surface area contributed by atoms with Crippen LogP contribution in [0.2, 0.25) is 0 Å². The highest BCUT2D eigenvalue weighted by atomic mass is 79.9. The van der Waals surface area contributed by atoms with Crippen molar-refractivity contribution in [3.63, 3.8) is 0 Å². The highest BCUT2D eigenvalue weighted by Crippen LogP contribution is 2.29. The predicted octanol–water partition coefficient (Wildman–Crippen LogP) is 4.83. The Kier molecular flexibility index (Phi) is 5.65. The van der Waals surface area contributed by atoms with Gasteiger partial charge in [-0.2, -0.15) is 13.2 Å². The fraction of sp³-hybridized carbons (Fsp3) is 0.188. The van der Waals surface area contributed by atoms with Crippen molar-refractivity contribution >= 4 is 27.6 Å². The molecule has 0 saturated heterocycles. The largest absolute Gasteiger partial charge is 0.416 e. The van der Waals surface area contributed by atoms with Crippen molar-refractivity contribution in [2.24, 2.45) is 0 Å². The first-order valence-electron chi connectivity index (χ1n) is 6.82. The van der Waals surface area contributed by atoms with Crippen LogP contribution in [-0.4, -0.2) is 12.6 Å². The SMILES string of the molecule is O=C(NCCc1cccc(C(F)(F)F)c1)Nc1ccccc1Br. The van der Waals surface area contributed by atoms with Crippen LogP contribution in [0.25, 0.3) is 0 Å². The molecule has 0 spiro atoms. The van der Waals surface area contributed by atoms with Gasteiger partial charge in [-0.05, 0) is 46.1 Å². The Balaban J connectivity index is 1.85. The lowest BCUT2D eigenvalue weighted by atomic mass is 10.1. The van der Waals surface area contributed by atoms with Gasteiger partial charge in [0.2, 0.25) is 0 Å². The summed E-state index contributed by atoms with van der Waals surface area (Å²) in [4.78, 5) is 11.8. The zero-order chi connectivity index (χ0) is 16.9. The quantitative estimate of drug-likeness (QED) is 0.775. The van der Waals surface area contributed by atoms with Gasteiger partial charge in [0, 0.05) is 11.0 Å². The average Bonchev–Trinajstić information content (AvgIpc) is 2.49. The van der Waals surface area contributed by atoms with E-state index in [1.165, 1.54) is 6.07 Å². The summed E-state index contributed by atoms with van der Waals surface area (Å²) >= 11 is 3.31. The number of alkyl halides is 3. The Hall–Kier alpha value is -2.02. The zero-order valence-electron chi connectivity index (χ0n) is 12.0. The molecule has 0 saturated carbocycles. The van der Waals surface area contributed by atoms with Crippen molar-refractivity contribution in [1.29, 1.82) is 0 Å². The highest BCUT2D eigenvalue weighted by Gasteiger charge is 2.30. The third-order valence-electron chi connectivity index (χ3n) is 3.08. The van der Waals surface area contributed by atoms with Crippen LogP contribution in [-0.2, 0) is 12.6 Å². The molecule has 0 bridgehead atoms. The molecule has 0 radical (unpaired) electrons. The number of nitrogens with one attached hydrogen (secondary N) is 2. The van der Waals surface area contributed by atoms with Crippen LogP contribution < -0.4 is 10.6 Å². The van der Waals surface area contributed by atoms with Gasteiger partial charge in [0.05, 0.1) is 11.3 Å². The van der Waals surface area contributed by atoms with Crippen molar-refractivity contribution in [2.75, 3.05) is 11.9 Å². The van der Waals surface area contributed by atoms with Crippen molar-refractivity contribution in [3.05, 3.63) is 64.1 Å². The van der Waals surface area contributed by atoms with Crippen molar-refractivity contribution in [3.8, 4) is 0 Å². The van der Waals surface area contributed by atoms with E-state index in [9.17, 15) is 18.0 Å². The predicted molar refractivity (Wildman–Crippen MR) is 86.3 cm³/mol. The van der Waals surface area contributed by atoms with Crippen LogP contribution in [0.3, 0.4) is 0 Å². The first-order chi connectivity index (χ1) is 10.9. The number of carbonyl (C=O) groups excluding carboxylic acids is 1. The lowest BCUT2D eigenvalue weighted by molar-refractivity contribution is -0.137. The standard InChI is InChI=1S/C16H14BrF3N2O/c17-13-6-1-2-7-14(13)22-15(23)21-9-8-11-4-3-5-12(10-11)16(18,19)20/h1-7,10H,8-9H2,(H2,21,22,23). The minimum absolute atomic E-state index is 0.234. The lowest BCUT2D eigenvalue weighted by Crippen LogP contribution is -2.30. The molecule has 0 aliphatic rings. The molecule has 0 aliphatic carbocycles. The Morgan fingerprint density at radius 1 is 1.09 bits per heavy atom. The Labute approximate surface area is 140 Å². The highest BCUT2D eigenvalue weighted by molar-refractivity contribution is 9.10. The molecule has 0 fully saturated rings. The summed E-state index contributed by atoms with van der Waals surface area (Å²) in [6.07, 6.45) is -4.05. The van der Waals surface area contributed by atoms with Gasteiger partial charge in [0.25, 0.3) is 0 Å². The van der Waals surface area contributed by atoms with Crippen LogP contribution >= 0.6 is 15.9 Å². The van der Waals surface area contributed by atoms with E-state index < -0.39 is 17.8 Å². The zero-order valence-corrected chi connectivity index (χ0v) is 13.5. The molecule has 2 aromatic carbocycles. The van der Waals surface area contributed by atoms with E-state index in [4.69, 9.17) is 0 Å². The van der Waals surface area contributed by atoms with E-state index in [1.807, 2.05) is 6.07 Å². The summed E-state index contributed by atoms with van der Waals surface area (Å²) in [6.45, 7) is 0.234. The second-order valence-electron chi connectivity index (χ2n) is 4.81. The molecule has 0 aromatic heterocycles. The molecule has 0 unspecified atom stereocenters. The minimum Gasteiger partial charge on any atom is -0.338 e. The maximum absolute atomic E-state index is 12.6. The van der Waals surface area contributed by atoms with Gasteiger partial charge in [-0.25, -0.2) is 4.79 Å². The maximum atomic E-state index is 12.6. The normalized spacial score (nSPS) is 11.1. The summed E-state index contributed by atoms with van der Waals surface area (Å²) in [5.74, 6) is 0. The number of anilines is 1. The fourth-order valence-corrected chi connectivity index (χ4v) is 2.34. The van der Waals surface area contributed by atoms with Gasteiger partial charge in [0.15, 0.2) is 0 Å². The number of para-hydroxylation sites is 1. The number of urea groups is 1. The number of carbonyl (C=O) groups is 1. The summed E-state index contributed by atoms with van der Waals surface area (Å²) in [7, 11) is 0. The van der Waals surface area contributed by atoms with Crippen LogP contribution in [0.5, 0.6) is 0 Å².